The summed E-state index contributed by atoms with van der Waals surface area (Å²) in [6.07, 6.45) is 5.66. The van der Waals surface area contributed by atoms with Crippen LogP contribution in [-0.4, -0.2) is 16.6 Å². The van der Waals surface area contributed by atoms with Crippen LogP contribution in [0.1, 0.15) is 58.4 Å². The van der Waals surface area contributed by atoms with E-state index in [4.69, 9.17) is 0 Å². The van der Waals surface area contributed by atoms with Crippen LogP contribution in [0.4, 0.5) is 0 Å². The zero-order valence-corrected chi connectivity index (χ0v) is 13.4. The van der Waals surface area contributed by atoms with Crippen LogP contribution in [0.3, 0.4) is 0 Å². The first-order valence-electron chi connectivity index (χ1n) is 8.31. The summed E-state index contributed by atoms with van der Waals surface area (Å²) in [5.41, 5.74) is 4.15. The molecule has 1 radical (unpaired) electrons. The van der Waals surface area contributed by atoms with Crippen molar-refractivity contribution in [3.8, 4) is 0 Å². The van der Waals surface area contributed by atoms with Crippen molar-refractivity contribution in [2.45, 2.75) is 64.5 Å². The topological polar surface area (TPSA) is 23.1 Å². The zero-order chi connectivity index (χ0) is 15.0. The second kappa shape index (κ2) is 5.58. The van der Waals surface area contributed by atoms with E-state index in [1.807, 2.05) is 0 Å². The van der Waals surface area contributed by atoms with Gasteiger partial charge in [0.25, 0.3) is 0 Å². The van der Waals surface area contributed by atoms with E-state index < -0.39 is 0 Å². The molecule has 1 aliphatic heterocycles. The molecule has 1 aromatic carbocycles. The molecule has 1 heterocycles. The van der Waals surface area contributed by atoms with E-state index in [-0.39, 0.29) is 11.6 Å². The largest absolute Gasteiger partial charge is 0.145 e. The van der Waals surface area contributed by atoms with Crippen molar-refractivity contribution in [2.24, 2.45) is 5.92 Å². The highest BCUT2D eigenvalue weighted by Gasteiger charge is 2.51. The van der Waals surface area contributed by atoms with Crippen molar-refractivity contribution in [3.63, 3.8) is 0 Å². The van der Waals surface area contributed by atoms with Crippen LogP contribution in [0, 0.1) is 5.92 Å². The van der Waals surface area contributed by atoms with Gasteiger partial charge in [0.05, 0.1) is 0 Å². The average Bonchev–Trinajstić information content (AvgIpc) is 3.13. The molecule has 2 unspecified atom stereocenters. The minimum atomic E-state index is -0.190. The first-order chi connectivity index (χ1) is 10.1. The first kappa shape index (κ1) is 14.8. The van der Waals surface area contributed by atoms with Gasteiger partial charge in [-0.1, -0.05) is 49.2 Å². The summed E-state index contributed by atoms with van der Waals surface area (Å²) < 4.78 is 0. The molecule has 0 N–H and O–H groups in total. The molecule has 1 saturated heterocycles. The second-order valence-corrected chi connectivity index (χ2v) is 7.13. The molecule has 3 rings (SSSR count). The van der Waals surface area contributed by atoms with E-state index in [9.17, 15) is 5.21 Å². The third kappa shape index (κ3) is 2.67. The van der Waals surface area contributed by atoms with E-state index in [0.717, 1.165) is 19.3 Å². The summed E-state index contributed by atoms with van der Waals surface area (Å²) in [5, 5.41) is 14.0. The van der Waals surface area contributed by atoms with Gasteiger partial charge < -0.3 is 0 Å². The van der Waals surface area contributed by atoms with Crippen molar-refractivity contribution < 1.29 is 5.21 Å². The quantitative estimate of drug-likeness (QED) is 0.758. The number of rotatable bonds is 5. The maximum absolute atomic E-state index is 12.6. The molecule has 2 atom stereocenters. The Morgan fingerprint density at radius 3 is 2.52 bits per heavy atom. The van der Waals surface area contributed by atoms with E-state index in [2.05, 4.69) is 51.1 Å². The smallest absolute Gasteiger partial charge is 0.0496 e. The molecule has 1 fully saturated rings. The van der Waals surface area contributed by atoms with Crippen LogP contribution < -0.4 is 0 Å². The minimum absolute atomic E-state index is 0.169. The molecule has 113 valence electrons. The Kier molecular flexibility index (Phi) is 3.94. The van der Waals surface area contributed by atoms with Crippen LogP contribution in [-0.2, 0) is 5.21 Å². The molecule has 0 saturated carbocycles. The standard InChI is InChI=1S/C19H26NO/c1-4-5-11-15-17(14-9-7-6-8-10-14)18(15)16-12-13-19(2,3)20(16)21/h6-10,16,18H,4-5,11-13H2,1-3H3. The molecule has 0 amide bonds. The molecule has 2 nitrogen and oxygen atoms in total. The maximum Gasteiger partial charge on any atom is 0.0496 e. The lowest BCUT2D eigenvalue weighted by atomic mass is 10.00. The molecule has 1 aromatic rings. The molecule has 2 heteroatoms. The molecular weight excluding hydrogens is 258 g/mol. The summed E-state index contributed by atoms with van der Waals surface area (Å²) >= 11 is 0. The molecule has 1 aliphatic carbocycles. The predicted octanol–water partition coefficient (Wildman–Crippen LogP) is 4.85. The van der Waals surface area contributed by atoms with Gasteiger partial charge in [-0.3, -0.25) is 0 Å². The molecule has 21 heavy (non-hydrogen) atoms. The van der Waals surface area contributed by atoms with Gasteiger partial charge in [0, 0.05) is 17.5 Å². The lowest BCUT2D eigenvalue weighted by molar-refractivity contribution is -0.222. The van der Waals surface area contributed by atoms with Crippen molar-refractivity contribution in [3.05, 3.63) is 41.5 Å². The average molecular weight is 284 g/mol. The SMILES string of the molecule is CCCCC1=C(c2ccccc2)C1C1CCC(C)(C)N1[O]. The van der Waals surface area contributed by atoms with Crippen LogP contribution in [0.5, 0.6) is 0 Å². The highest BCUT2D eigenvalue weighted by atomic mass is 16.5. The van der Waals surface area contributed by atoms with Crippen LogP contribution in [0.2, 0.25) is 0 Å². The van der Waals surface area contributed by atoms with Gasteiger partial charge in [-0.15, -0.1) is 10.3 Å². The van der Waals surface area contributed by atoms with Gasteiger partial charge >= 0.3 is 0 Å². The predicted molar refractivity (Wildman–Crippen MR) is 86.0 cm³/mol. The molecular formula is C19H26NO. The van der Waals surface area contributed by atoms with Crippen molar-refractivity contribution in [1.29, 1.82) is 0 Å². The normalized spacial score (nSPS) is 28.2. The van der Waals surface area contributed by atoms with Gasteiger partial charge in [-0.2, -0.15) is 0 Å². The molecule has 0 aromatic heterocycles. The Labute approximate surface area is 128 Å². The summed E-state index contributed by atoms with van der Waals surface area (Å²) in [6, 6.07) is 10.8. The van der Waals surface area contributed by atoms with E-state index in [1.54, 1.807) is 5.57 Å². The lowest BCUT2D eigenvalue weighted by Gasteiger charge is -2.27. The Bertz CT molecular complexity index is 532. The Balaban J connectivity index is 1.81. The first-order valence-corrected chi connectivity index (χ1v) is 8.31. The minimum Gasteiger partial charge on any atom is -0.145 e. The number of hydrogen-bond donors (Lipinski definition) is 0. The van der Waals surface area contributed by atoms with Gasteiger partial charge in [0.2, 0.25) is 0 Å². The maximum atomic E-state index is 12.6. The van der Waals surface area contributed by atoms with Gasteiger partial charge in [0.15, 0.2) is 0 Å². The van der Waals surface area contributed by atoms with Crippen LogP contribution in [0.25, 0.3) is 5.57 Å². The second-order valence-electron chi connectivity index (χ2n) is 7.13. The summed E-state index contributed by atoms with van der Waals surface area (Å²) in [5.74, 6) is 0.415. The van der Waals surface area contributed by atoms with Crippen LogP contribution in [0.15, 0.2) is 35.9 Å². The monoisotopic (exact) mass is 284 g/mol. The highest BCUT2D eigenvalue weighted by Crippen LogP contribution is 2.55. The summed E-state index contributed by atoms with van der Waals surface area (Å²) in [4.78, 5) is 0. The zero-order valence-electron chi connectivity index (χ0n) is 13.4. The third-order valence-electron chi connectivity index (χ3n) is 5.17. The van der Waals surface area contributed by atoms with Crippen LogP contribution >= 0.6 is 0 Å². The number of hydrogen-bond acceptors (Lipinski definition) is 1. The van der Waals surface area contributed by atoms with Gasteiger partial charge in [0.1, 0.15) is 0 Å². The van der Waals surface area contributed by atoms with E-state index in [1.165, 1.54) is 29.0 Å². The number of benzene rings is 1. The number of nitrogens with zero attached hydrogens (tertiary/aromatic N) is 1. The Morgan fingerprint density at radius 1 is 1.24 bits per heavy atom. The van der Waals surface area contributed by atoms with Crippen molar-refractivity contribution in [1.82, 2.24) is 5.06 Å². The number of unbranched alkanes of at least 4 members (excludes halogenated alkanes) is 1. The fraction of sp³-hybridized carbons (Fsp3) is 0.579. The van der Waals surface area contributed by atoms with Gasteiger partial charge in [-0.25, -0.2) is 0 Å². The molecule has 2 aliphatic rings. The summed E-state index contributed by atoms with van der Waals surface area (Å²) in [7, 11) is 0. The fourth-order valence-electron chi connectivity index (χ4n) is 3.83. The highest BCUT2D eigenvalue weighted by molar-refractivity contribution is 5.86. The van der Waals surface area contributed by atoms with E-state index >= 15 is 0 Å². The fourth-order valence-corrected chi connectivity index (χ4v) is 3.83. The molecule has 0 bridgehead atoms. The van der Waals surface area contributed by atoms with Gasteiger partial charge in [-0.05, 0) is 50.7 Å². The van der Waals surface area contributed by atoms with Crippen molar-refractivity contribution >= 4 is 5.57 Å². The Morgan fingerprint density at radius 2 is 1.95 bits per heavy atom. The number of hydroxylamine groups is 2. The van der Waals surface area contributed by atoms with Crippen molar-refractivity contribution in [2.75, 3.05) is 0 Å². The summed E-state index contributed by atoms with van der Waals surface area (Å²) in [6.45, 7) is 6.39. The van der Waals surface area contributed by atoms with E-state index in [0.29, 0.717) is 5.92 Å². The Hall–Kier alpha value is -1.12. The molecule has 0 spiro atoms. The third-order valence-corrected chi connectivity index (χ3v) is 5.17. The lowest BCUT2D eigenvalue weighted by Crippen LogP contribution is -2.40.